The van der Waals surface area contributed by atoms with Gasteiger partial charge in [-0.3, -0.25) is 18.7 Å². The number of alkyl halides is 4. The molecular formula is C21H24F4N2O8P2. The average molecular weight is 570 g/mol. The number of nitrogens with one attached hydrogen (secondary N) is 1. The minimum Gasteiger partial charge on any atom is -0.368 e. The molecule has 0 aliphatic heterocycles. The number of primary amides is 1. The summed E-state index contributed by atoms with van der Waals surface area (Å²) >= 11 is 0. The van der Waals surface area contributed by atoms with E-state index in [0.717, 1.165) is 36.4 Å². The molecule has 1 unspecified atom stereocenters. The highest BCUT2D eigenvalue weighted by Crippen LogP contribution is 2.60. The first kappa shape index (κ1) is 30.6. The summed E-state index contributed by atoms with van der Waals surface area (Å²) in [4.78, 5) is 59.7. The summed E-state index contributed by atoms with van der Waals surface area (Å²) in [6, 6.07) is 6.46. The van der Waals surface area contributed by atoms with Crippen molar-refractivity contribution in [2.24, 2.45) is 11.7 Å². The highest BCUT2D eigenvalue weighted by Gasteiger charge is 2.51. The zero-order chi connectivity index (χ0) is 28.4. The van der Waals surface area contributed by atoms with E-state index in [1.807, 2.05) is 0 Å². The van der Waals surface area contributed by atoms with Gasteiger partial charge in [0.05, 0.1) is 0 Å². The van der Waals surface area contributed by atoms with Crippen LogP contribution in [-0.2, 0) is 42.9 Å². The molecule has 2 aromatic carbocycles. The summed E-state index contributed by atoms with van der Waals surface area (Å²) in [6.07, 6.45) is -0.215. The third-order valence-corrected chi connectivity index (χ3v) is 7.40. The molecule has 0 saturated carbocycles. The zero-order valence-corrected chi connectivity index (χ0v) is 20.9. The second kappa shape index (κ2) is 11.0. The molecular weight excluding hydrogens is 546 g/mol. The molecule has 0 aromatic heterocycles. The van der Waals surface area contributed by atoms with E-state index in [-0.39, 0.29) is 18.4 Å². The SMILES string of the molecule is C[C@@H](Cc1ccc(C(F)(F)P(=O)(O)O)cc1)C(=O)NC(Cc1ccc(C(F)(F)P(=O)(O)O)cc1)C(N)=O. The maximum Gasteiger partial charge on any atom is 0.399 e. The lowest BCUT2D eigenvalue weighted by molar-refractivity contribution is -0.129. The van der Waals surface area contributed by atoms with E-state index in [2.05, 4.69) is 5.32 Å². The van der Waals surface area contributed by atoms with Gasteiger partial charge < -0.3 is 30.6 Å². The van der Waals surface area contributed by atoms with Gasteiger partial charge in [-0.25, -0.2) is 0 Å². The molecule has 0 aliphatic carbocycles. The van der Waals surface area contributed by atoms with Crippen molar-refractivity contribution in [3.8, 4) is 0 Å². The molecule has 16 heteroatoms. The van der Waals surface area contributed by atoms with Gasteiger partial charge in [0.25, 0.3) is 0 Å². The number of rotatable bonds is 11. The van der Waals surface area contributed by atoms with Crippen LogP contribution < -0.4 is 11.1 Å². The summed E-state index contributed by atoms with van der Waals surface area (Å²) in [7, 11) is -11.5. The molecule has 0 radical (unpaired) electrons. The maximum atomic E-state index is 13.8. The Morgan fingerprint density at radius 2 is 1.16 bits per heavy atom. The number of amides is 2. The lowest BCUT2D eigenvalue weighted by atomic mass is 9.98. The first-order chi connectivity index (χ1) is 16.8. The van der Waals surface area contributed by atoms with Gasteiger partial charge >= 0.3 is 26.5 Å². The van der Waals surface area contributed by atoms with Gasteiger partial charge in [-0.05, 0) is 17.5 Å². The minimum atomic E-state index is -5.76. The van der Waals surface area contributed by atoms with Crippen molar-refractivity contribution in [3.05, 3.63) is 70.8 Å². The lowest BCUT2D eigenvalue weighted by Crippen LogP contribution is -2.47. The van der Waals surface area contributed by atoms with Crippen molar-refractivity contribution in [3.63, 3.8) is 0 Å². The summed E-state index contributed by atoms with van der Waals surface area (Å²) in [6.45, 7) is 1.46. The number of benzene rings is 2. The van der Waals surface area contributed by atoms with Gasteiger partial charge in [-0.2, -0.15) is 17.6 Å². The van der Waals surface area contributed by atoms with Crippen molar-refractivity contribution in [2.45, 2.75) is 37.1 Å². The molecule has 0 saturated heterocycles. The molecule has 0 bridgehead atoms. The fourth-order valence-electron chi connectivity index (χ4n) is 3.24. The molecule has 0 spiro atoms. The number of carbonyl (C=O) groups excluding carboxylic acids is 2. The second-order valence-corrected chi connectivity index (χ2v) is 11.6. The van der Waals surface area contributed by atoms with Crippen molar-refractivity contribution in [1.29, 1.82) is 0 Å². The van der Waals surface area contributed by atoms with Crippen LogP contribution in [0.1, 0.15) is 29.2 Å². The van der Waals surface area contributed by atoms with Crippen molar-refractivity contribution in [2.75, 3.05) is 0 Å². The van der Waals surface area contributed by atoms with E-state index in [1.165, 1.54) is 19.1 Å². The number of nitrogens with two attached hydrogens (primary N) is 1. The Morgan fingerprint density at radius 1 is 0.811 bits per heavy atom. The van der Waals surface area contributed by atoms with Gasteiger partial charge in [-0.15, -0.1) is 0 Å². The predicted molar refractivity (Wildman–Crippen MR) is 122 cm³/mol. The van der Waals surface area contributed by atoms with Crippen LogP contribution in [0.15, 0.2) is 48.5 Å². The molecule has 2 aromatic rings. The third-order valence-electron chi connectivity index (χ3n) is 5.42. The molecule has 2 rings (SSSR count). The molecule has 0 heterocycles. The Bertz CT molecular complexity index is 1230. The Labute approximate surface area is 208 Å². The first-order valence-corrected chi connectivity index (χ1v) is 13.6. The molecule has 204 valence electrons. The first-order valence-electron chi connectivity index (χ1n) is 10.4. The van der Waals surface area contributed by atoms with E-state index < -0.39 is 61.4 Å². The number of carbonyl (C=O) groups is 2. The van der Waals surface area contributed by atoms with Gasteiger partial charge in [-0.1, -0.05) is 55.5 Å². The minimum absolute atomic E-state index is 0.00519. The van der Waals surface area contributed by atoms with Crippen LogP contribution in [0.3, 0.4) is 0 Å². The van der Waals surface area contributed by atoms with E-state index in [0.29, 0.717) is 5.56 Å². The highest BCUT2D eigenvalue weighted by atomic mass is 31.2. The van der Waals surface area contributed by atoms with E-state index in [1.54, 1.807) is 0 Å². The quantitative estimate of drug-likeness (QED) is 0.176. The molecule has 0 fully saturated rings. The normalized spacial score (nSPS) is 14.6. The Kier molecular flexibility index (Phi) is 9.12. The number of halogens is 4. The van der Waals surface area contributed by atoms with Gasteiger partial charge in [0, 0.05) is 23.5 Å². The fourth-order valence-corrected chi connectivity index (χ4v) is 4.21. The summed E-state index contributed by atoms with van der Waals surface area (Å²) in [5.74, 6) is -2.41. The van der Waals surface area contributed by atoms with Gasteiger partial charge in [0.1, 0.15) is 6.04 Å². The fraction of sp³-hybridized carbons (Fsp3) is 0.333. The van der Waals surface area contributed by atoms with Crippen LogP contribution >= 0.6 is 15.2 Å². The van der Waals surface area contributed by atoms with E-state index in [9.17, 15) is 36.3 Å². The highest BCUT2D eigenvalue weighted by molar-refractivity contribution is 7.52. The Balaban J connectivity index is 2.07. The molecule has 37 heavy (non-hydrogen) atoms. The van der Waals surface area contributed by atoms with Crippen LogP contribution in [0.4, 0.5) is 17.6 Å². The number of hydrogen-bond donors (Lipinski definition) is 6. The van der Waals surface area contributed by atoms with Crippen LogP contribution in [0.5, 0.6) is 0 Å². The van der Waals surface area contributed by atoms with Crippen LogP contribution in [0.25, 0.3) is 0 Å². The molecule has 7 N–H and O–H groups in total. The maximum absolute atomic E-state index is 13.8. The van der Waals surface area contributed by atoms with Gasteiger partial charge in [0.2, 0.25) is 11.8 Å². The third kappa shape index (κ3) is 7.25. The summed E-state index contributed by atoms with van der Waals surface area (Å²) in [5, 5.41) is 2.40. The predicted octanol–water partition coefficient (Wildman–Crippen LogP) is 2.53. The summed E-state index contributed by atoms with van der Waals surface area (Å²) in [5.41, 5.74) is -4.69. The summed E-state index contributed by atoms with van der Waals surface area (Å²) < 4.78 is 77.1. The molecule has 10 nitrogen and oxygen atoms in total. The lowest BCUT2D eigenvalue weighted by Gasteiger charge is -2.21. The molecule has 2 atom stereocenters. The van der Waals surface area contributed by atoms with E-state index >= 15 is 0 Å². The Hall–Kier alpha value is -2.60. The second-order valence-electron chi connectivity index (χ2n) is 8.34. The van der Waals surface area contributed by atoms with Crippen molar-refractivity contribution >= 4 is 27.0 Å². The average Bonchev–Trinajstić information content (AvgIpc) is 2.77. The largest absolute Gasteiger partial charge is 0.399 e. The van der Waals surface area contributed by atoms with Crippen LogP contribution in [0.2, 0.25) is 0 Å². The number of hydrogen-bond acceptors (Lipinski definition) is 4. The monoisotopic (exact) mass is 570 g/mol. The van der Waals surface area contributed by atoms with Gasteiger partial charge in [0.15, 0.2) is 0 Å². The van der Waals surface area contributed by atoms with Crippen LogP contribution in [0, 0.1) is 5.92 Å². The molecule has 2 amide bonds. The smallest absolute Gasteiger partial charge is 0.368 e. The van der Waals surface area contributed by atoms with Crippen molar-refractivity contribution in [1.82, 2.24) is 5.32 Å². The molecule has 0 aliphatic rings. The van der Waals surface area contributed by atoms with Crippen LogP contribution in [-0.4, -0.2) is 37.4 Å². The standard InChI is InChI=1S/C21H24F4N2O8P2/c1-12(10-13-2-6-15(7-3-13)20(22,23)36(30,31)32)19(29)27-17(18(26)28)11-14-4-8-16(9-5-14)21(24,25)37(33,34)35/h2-9,12,17H,10-11H2,1H3,(H2,26,28)(H,27,29)(H2,30,31,32)(H2,33,34,35)/t12-,17?/m0/s1. The topological polar surface area (TPSA) is 187 Å². The zero-order valence-electron chi connectivity index (χ0n) is 19.1. The Morgan fingerprint density at radius 3 is 1.49 bits per heavy atom. The van der Waals surface area contributed by atoms with E-state index in [4.69, 9.17) is 25.3 Å². The van der Waals surface area contributed by atoms with Crippen molar-refractivity contribution < 1.29 is 55.9 Å².